The van der Waals surface area contributed by atoms with Crippen LogP contribution in [0.1, 0.15) is 25.3 Å². The molecule has 0 aliphatic carbocycles. The van der Waals surface area contributed by atoms with Gasteiger partial charge in [-0.1, -0.05) is 6.92 Å². The van der Waals surface area contributed by atoms with E-state index >= 15 is 0 Å². The van der Waals surface area contributed by atoms with Crippen LogP contribution in [-0.2, 0) is 6.42 Å². The number of nitrogens with zero attached hydrogens (tertiary/aromatic N) is 2. The molecule has 0 unspecified atom stereocenters. The number of hydrogen-bond donors (Lipinski definition) is 0. The maximum absolute atomic E-state index is 13.2. The maximum atomic E-state index is 13.2. The van der Waals surface area contributed by atoms with Crippen LogP contribution in [0.2, 0.25) is 0 Å². The van der Waals surface area contributed by atoms with Crippen molar-refractivity contribution >= 4 is 0 Å². The van der Waals surface area contributed by atoms with E-state index in [1.807, 2.05) is 6.92 Å². The quantitative estimate of drug-likeness (QED) is 0.752. The SMILES string of the molecule is CCc1cc(OC[C@@H]2CCCN2C)cnc1F. The van der Waals surface area contributed by atoms with Gasteiger partial charge in [0.25, 0.3) is 0 Å². The van der Waals surface area contributed by atoms with Crippen molar-refractivity contribution in [1.82, 2.24) is 9.88 Å². The Labute approximate surface area is 102 Å². The predicted octanol–water partition coefficient (Wildman–Crippen LogP) is 2.26. The summed E-state index contributed by atoms with van der Waals surface area (Å²) in [6.07, 6.45) is 4.50. The number of ether oxygens (including phenoxy) is 1. The molecule has 3 nitrogen and oxygen atoms in total. The minimum Gasteiger partial charge on any atom is -0.490 e. The summed E-state index contributed by atoms with van der Waals surface area (Å²) in [6, 6.07) is 2.22. The Morgan fingerprint density at radius 2 is 2.41 bits per heavy atom. The fourth-order valence-electron chi connectivity index (χ4n) is 2.18. The van der Waals surface area contributed by atoms with Crippen molar-refractivity contribution in [1.29, 1.82) is 0 Å². The Kier molecular flexibility index (Phi) is 3.94. The van der Waals surface area contributed by atoms with Gasteiger partial charge in [-0.3, -0.25) is 0 Å². The van der Waals surface area contributed by atoms with E-state index in [0.29, 0.717) is 30.4 Å². The van der Waals surface area contributed by atoms with Gasteiger partial charge >= 0.3 is 0 Å². The lowest BCUT2D eigenvalue weighted by atomic mass is 10.2. The molecule has 0 amide bonds. The summed E-state index contributed by atoms with van der Waals surface area (Å²) in [5.41, 5.74) is 0.613. The summed E-state index contributed by atoms with van der Waals surface area (Å²) in [5.74, 6) is 0.279. The Morgan fingerprint density at radius 1 is 1.59 bits per heavy atom. The van der Waals surface area contributed by atoms with Crippen molar-refractivity contribution in [3.8, 4) is 5.75 Å². The molecular weight excluding hydrogens is 219 g/mol. The number of aromatic nitrogens is 1. The highest BCUT2D eigenvalue weighted by Gasteiger charge is 2.21. The number of rotatable bonds is 4. The van der Waals surface area contributed by atoms with E-state index in [0.717, 1.165) is 6.54 Å². The number of aryl methyl sites for hydroxylation is 1. The fourth-order valence-corrected chi connectivity index (χ4v) is 2.18. The van der Waals surface area contributed by atoms with Gasteiger partial charge in [0.2, 0.25) is 5.95 Å². The van der Waals surface area contributed by atoms with Crippen LogP contribution >= 0.6 is 0 Å². The molecule has 1 aromatic heterocycles. The van der Waals surface area contributed by atoms with E-state index in [-0.39, 0.29) is 0 Å². The smallest absolute Gasteiger partial charge is 0.216 e. The van der Waals surface area contributed by atoms with Crippen LogP contribution in [0.15, 0.2) is 12.3 Å². The summed E-state index contributed by atoms with van der Waals surface area (Å²) in [6.45, 7) is 3.71. The minimum atomic E-state index is -0.391. The molecule has 17 heavy (non-hydrogen) atoms. The van der Waals surface area contributed by atoms with Crippen LogP contribution in [0.5, 0.6) is 5.75 Å². The molecule has 1 saturated heterocycles. The van der Waals surface area contributed by atoms with E-state index in [4.69, 9.17) is 4.74 Å². The monoisotopic (exact) mass is 238 g/mol. The molecule has 1 aliphatic heterocycles. The standard InChI is InChI=1S/C13H19FN2O/c1-3-10-7-12(8-15-13(10)14)17-9-11-5-4-6-16(11)2/h7-8,11H,3-6,9H2,1-2H3/t11-/m0/s1. The highest BCUT2D eigenvalue weighted by Crippen LogP contribution is 2.18. The highest BCUT2D eigenvalue weighted by atomic mass is 19.1. The first-order valence-electron chi connectivity index (χ1n) is 6.18. The molecule has 1 aliphatic rings. The zero-order valence-corrected chi connectivity index (χ0v) is 10.4. The molecular formula is C13H19FN2O. The number of pyridine rings is 1. The topological polar surface area (TPSA) is 25.4 Å². The average Bonchev–Trinajstić information content (AvgIpc) is 2.74. The van der Waals surface area contributed by atoms with Crippen molar-refractivity contribution in [2.24, 2.45) is 0 Å². The van der Waals surface area contributed by atoms with Crippen LogP contribution in [0.4, 0.5) is 4.39 Å². The van der Waals surface area contributed by atoms with Crippen LogP contribution in [-0.4, -0.2) is 36.1 Å². The van der Waals surface area contributed by atoms with Crippen LogP contribution in [0.25, 0.3) is 0 Å². The molecule has 0 spiro atoms. The zero-order chi connectivity index (χ0) is 12.3. The second kappa shape index (κ2) is 5.45. The number of halogens is 1. The van der Waals surface area contributed by atoms with E-state index < -0.39 is 5.95 Å². The second-order valence-electron chi connectivity index (χ2n) is 4.56. The first-order chi connectivity index (χ1) is 8.20. The van der Waals surface area contributed by atoms with Crippen molar-refractivity contribution in [2.45, 2.75) is 32.2 Å². The molecule has 4 heteroatoms. The zero-order valence-electron chi connectivity index (χ0n) is 10.4. The van der Waals surface area contributed by atoms with E-state index in [2.05, 4.69) is 16.9 Å². The van der Waals surface area contributed by atoms with Gasteiger partial charge in [-0.05, 0) is 38.9 Å². The Hall–Kier alpha value is -1.16. The first kappa shape index (κ1) is 12.3. The molecule has 1 aromatic rings. The summed E-state index contributed by atoms with van der Waals surface area (Å²) in [7, 11) is 2.11. The normalized spacial score (nSPS) is 20.8. The molecule has 0 N–H and O–H groups in total. The number of likely N-dealkylation sites (tertiary alicyclic amines) is 1. The Morgan fingerprint density at radius 3 is 3.06 bits per heavy atom. The number of likely N-dealkylation sites (N-methyl/N-ethyl adjacent to an activating group) is 1. The van der Waals surface area contributed by atoms with Gasteiger partial charge in [-0.2, -0.15) is 4.39 Å². The summed E-state index contributed by atoms with van der Waals surface area (Å²) in [4.78, 5) is 6.01. The van der Waals surface area contributed by atoms with Crippen molar-refractivity contribution in [3.05, 3.63) is 23.8 Å². The molecule has 0 saturated carbocycles. The summed E-state index contributed by atoms with van der Waals surface area (Å²) >= 11 is 0. The molecule has 2 rings (SSSR count). The van der Waals surface area contributed by atoms with E-state index in [1.54, 1.807) is 6.07 Å². The lowest BCUT2D eigenvalue weighted by molar-refractivity contribution is 0.197. The molecule has 0 bridgehead atoms. The summed E-state index contributed by atoms with van der Waals surface area (Å²) < 4.78 is 18.9. The van der Waals surface area contributed by atoms with Gasteiger partial charge in [-0.15, -0.1) is 0 Å². The van der Waals surface area contributed by atoms with Crippen molar-refractivity contribution < 1.29 is 9.13 Å². The van der Waals surface area contributed by atoms with Gasteiger partial charge in [0.05, 0.1) is 6.20 Å². The molecule has 2 heterocycles. The third-order valence-corrected chi connectivity index (χ3v) is 3.38. The van der Waals surface area contributed by atoms with Gasteiger partial charge < -0.3 is 9.64 Å². The van der Waals surface area contributed by atoms with Crippen LogP contribution < -0.4 is 4.74 Å². The van der Waals surface area contributed by atoms with E-state index in [9.17, 15) is 4.39 Å². The summed E-state index contributed by atoms with van der Waals surface area (Å²) in [5, 5.41) is 0. The number of hydrogen-bond acceptors (Lipinski definition) is 3. The molecule has 0 aromatic carbocycles. The van der Waals surface area contributed by atoms with Gasteiger partial charge in [-0.25, -0.2) is 4.98 Å². The minimum absolute atomic E-state index is 0.391. The molecule has 0 radical (unpaired) electrons. The van der Waals surface area contributed by atoms with Gasteiger partial charge in [0.15, 0.2) is 0 Å². The third kappa shape index (κ3) is 2.94. The largest absolute Gasteiger partial charge is 0.490 e. The molecule has 1 fully saturated rings. The van der Waals surface area contributed by atoms with Crippen LogP contribution in [0.3, 0.4) is 0 Å². The average molecular weight is 238 g/mol. The first-order valence-corrected chi connectivity index (χ1v) is 6.18. The molecule has 94 valence electrons. The lowest BCUT2D eigenvalue weighted by Crippen LogP contribution is -2.30. The van der Waals surface area contributed by atoms with Crippen LogP contribution in [0, 0.1) is 5.95 Å². The Balaban J connectivity index is 1.94. The maximum Gasteiger partial charge on any atom is 0.216 e. The van der Waals surface area contributed by atoms with Gasteiger partial charge in [0.1, 0.15) is 12.4 Å². The fraction of sp³-hybridized carbons (Fsp3) is 0.615. The predicted molar refractivity (Wildman–Crippen MR) is 64.7 cm³/mol. The van der Waals surface area contributed by atoms with Gasteiger partial charge in [0, 0.05) is 11.6 Å². The van der Waals surface area contributed by atoms with Crippen molar-refractivity contribution in [3.63, 3.8) is 0 Å². The third-order valence-electron chi connectivity index (χ3n) is 3.38. The molecule has 1 atom stereocenters. The van der Waals surface area contributed by atoms with Crippen molar-refractivity contribution in [2.75, 3.05) is 20.2 Å². The highest BCUT2D eigenvalue weighted by molar-refractivity contribution is 5.24. The van der Waals surface area contributed by atoms with E-state index in [1.165, 1.54) is 19.0 Å². The second-order valence-corrected chi connectivity index (χ2v) is 4.56. The lowest BCUT2D eigenvalue weighted by Gasteiger charge is -2.19. The Bertz CT molecular complexity index is 384.